The molecule has 0 fully saturated rings. The van der Waals surface area contributed by atoms with E-state index in [1.807, 2.05) is 0 Å². The molecule has 0 aliphatic heterocycles. The van der Waals surface area contributed by atoms with Crippen molar-refractivity contribution >= 4 is 15.9 Å². The Morgan fingerprint density at radius 2 is 1.93 bits per heavy atom. The molecular formula is C11H19BrN2. The predicted octanol–water partition coefficient (Wildman–Crippen LogP) is 3.63. The van der Waals surface area contributed by atoms with Crippen molar-refractivity contribution in [2.45, 2.75) is 45.4 Å². The van der Waals surface area contributed by atoms with E-state index in [9.17, 15) is 0 Å². The van der Waals surface area contributed by atoms with E-state index in [4.69, 9.17) is 0 Å². The van der Waals surface area contributed by atoms with Crippen molar-refractivity contribution in [3.63, 3.8) is 0 Å². The normalized spacial score (nSPS) is 11.6. The average molecular weight is 259 g/mol. The summed E-state index contributed by atoms with van der Waals surface area (Å²) in [6.45, 7) is 8.82. The Kier molecular flexibility index (Phi) is 4.17. The lowest BCUT2D eigenvalue weighted by molar-refractivity contribution is 0.631. The minimum Gasteiger partial charge on any atom is -0.282 e. The number of aromatic amines is 1. The third-order valence-electron chi connectivity index (χ3n) is 2.28. The lowest BCUT2D eigenvalue weighted by Crippen LogP contribution is -1.98. The summed E-state index contributed by atoms with van der Waals surface area (Å²) in [6, 6.07) is 0. The highest BCUT2D eigenvalue weighted by atomic mass is 79.9. The van der Waals surface area contributed by atoms with Gasteiger partial charge in [-0.15, -0.1) is 0 Å². The SMILES string of the molecule is CC(C)Cc1[nH]nc(C(C)C)c1CBr. The Labute approximate surface area is 94.6 Å². The first kappa shape index (κ1) is 11.8. The highest BCUT2D eigenvalue weighted by Crippen LogP contribution is 2.23. The van der Waals surface area contributed by atoms with Gasteiger partial charge in [-0.25, -0.2) is 0 Å². The molecule has 0 aliphatic rings. The van der Waals surface area contributed by atoms with Crippen LogP contribution in [-0.4, -0.2) is 10.2 Å². The van der Waals surface area contributed by atoms with Crippen molar-refractivity contribution in [1.82, 2.24) is 10.2 Å². The predicted molar refractivity (Wildman–Crippen MR) is 63.8 cm³/mol. The molecule has 1 rings (SSSR count). The molecule has 0 radical (unpaired) electrons. The summed E-state index contributed by atoms with van der Waals surface area (Å²) in [5.41, 5.74) is 3.85. The van der Waals surface area contributed by atoms with E-state index < -0.39 is 0 Å². The van der Waals surface area contributed by atoms with Crippen LogP contribution in [0.25, 0.3) is 0 Å². The molecule has 14 heavy (non-hydrogen) atoms. The van der Waals surface area contributed by atoms with Crippen molar-refractivity contribution in [3.05, 3.63) is 17.0 Å². The molecule has 0 amide bonds. The molecule has 0 spiro atoms. The Morgan fingerprint density at radius 3 is 2.36 bits per heavy atom. The summed E-state index contributed by atoms with van der Waals surface area (Å²) in [4.78, 5) is 0. The summed E-state index contributed by atoms with van der Waals surface area (Å²) >= 11 is 3.54. The zero-order valence-electron chi connectivity index (χ0n) is 9.39. The molecule has 0 aliphatic carbocycles. The molecule has 1 aromatic heterocycles. The Hall–Kier alpha value is -0.310. The molecule has 0 unspecified atom stereocenters. The maximum Gasteiger partial charge on any atom is 0.0690 e. The zero-order valence-corrected chi connectivity index (χ0v) is 11.0. The van der Waals surface area contributed by atoms with Gasteiger partial charge in [0.15, 0.2) is 0 Å². The lowest BCUT2D eigenvalue weighted by atomic mass is 10.0. The van der Waals surface area contributed by atoms with Crippen LogP contribution in [0, 0.1) is 5.92 Å². The first-order valence-corrected chi connectivity index (χ1v) is 6.30. The molecule has 1 N–H and O–H groups in total. The van der Waals surface area contributed by atoms with E-state index >= 15 is 0 Å². The summed E-state index contributed by atoms with van der Waals surface area (Å²) in [6.07, 6.45) is 1.08. The minimum atomic E-state index is 0.500. The number of hydrogen-bond donors (Lipinski definition) is 1. The lowest BCUT2D eigenvalue weighted by Gasteiger charge is -2.06. The average Bonchev–Trinajstić information content (AvgIpc) is 2.46. The van der Waals surface area contributed by atoms with Crippen molar-refractivity contribution in [3.8, 4) is 0 Å². The molecule has 0 bridgehead atoms. The minimum absolute atomic E-state index is 0.500. The smallest absolute Gasteiger partial charge is 0.0690 e. The fourth-order valence-electron chi connectivity index (χ4n) is 1.62. The highest BCUT2D eigenvalue weighted by Gasteiger charge is 2.15. The second-order valence-electron chi connectivity index (χ2n) is 4.45. The third kappa shape index (κ3) is 2.59. The van der Waals surface area contributed by atoms with Gasteiger partial charge in [0.1, 0.15) is 0 Å². The number of alkyl halides is 1. The monoisotopic (exact) mass is 258 g/mol. The molecule has 0 atom stereocenters. The standard InChI is InChI=1S/C11H19BrN2/c1-7(2)5-10-9(6-12)11(8(3)4)14-13-10/h7-8H,5-6H2,1-4H3,(H,13,14). The van der Waals surface area contributed by atoms with Gasteiger partial charge in [-0.3, -0.25) is 5.10 Å². The fourth-order valence-corrected chi connectivity index (χ4v) is 2.25. The Morgan fingerprint density at radius 1 is 1.29 bits per heavy atom. The molecular weight excluding hydrogens is 240 g/mol. The second kappa shape index (κ2) is 4.96. The maximum absolute atomic E-state index is 4.38. The Bertz CT molecular complexity index is 289. The molecule has 3 heteroatoms. The summed E-state index contributed by atoms with van der Waals surface area (Å²) in [7, 11) is 0. The van der Waals surface area contributed by atoms with E-state index in [1.165, 1.54) is 17.0 Å². The first-order chi connectivity index (χ1) is 6.56. The van der Waals surface area contributed by atoms with Crippen LogP contribution in [0.15, 0.2) is 0 Å². The van der Waals surface area contributed by atoms with Crippen LogP contribution in [0.2, 0.25) is 0 Å². The van der Waals surface area contributed by atoms with E-state index in [2.05, 4.69) is 53.8 Å². The van der Waals surface area contributed by atoms with Crippen LogP contribution >= 0.6 is 15.9 Å². The van der Waals surface area contributed by atoms with Gasteiger partial charge in [-0.05, 0) is 18.3 Å². The highest BCUT2D eigenvalue weighted by molar-refractivity contribution is 9.08. The third-order valence-corrected chi connectivity index (χ3v) is 2.84. The van der Waals surface area contributed by atoms with Crippen LogP contribution in [-0.2, 0) is 11.8 Å². The van der Waals surface area contributed by atoms with Gasteiger partial charge in [-0.1, -0.05) is 43.6 Å². The Balaban J connectivity index is 2.95. The number of H-pyrrole nitrogens is 1. The zero-order chi connectivity index (χ0) is 10.7. The van der Waals surface area contributed by atoms with Crippen molar-refractivity contribution in [1.29, 1.82) is 0 Å². The summed E-state index contributed by atoms with van der Waals surface area (Å²) in [5, 5.41) is 8.44. The molecule has 1 aromatic rings. The van der Waals surface area contributed by atoms with Crippen LogP contribution in [0.5, 0.6) is 0 Å². The van der Waals surface area contributed by atoms with Crippen LogP contribution < -0.4 is 0 Å². The number of aromatic nitrogens is 2. The number of nitrogens with zero attached hydrogens (tertiary/aromatic N) is 1. The summed E-state index contributed by atoms with van der Waals surface area (Å²) < 4.78 is 0. The molecule has 0 saturated heterocycles. The van der Waals surface area contributed by atoms with Crippen LogP contribution in [0.3, 0.4) is 0 Å². The van der Waals surface area contributed by atoms with Crippen molar-refractivity contribution < 1.29 is 0 Å². The number of hydrogen-bond acceptors (Lipinski definition) is 1. The van der Waals surface area contributed by atoms with E-state index in [0.717, 1.165) is 11.8 Å². The first-order valence-electron chi connectivity index (χ1n) is 5.18. The van der Waals surface area contributed by atoms with Gasteiger partial charge in [-0.2, -0.15) is 5.10 Å². The molecule has 2 nitrogen and oxygen atoms in total. The van der Waals surface area contributed by atoms with Gasteiger partial charge in [0.05, 0.1) is 5.69 Å². The van der Waals surface area contributed by atoms with Crippen LogP contribution in [0.4, 0.5) is 0 Å². The molecule has 80 valence electrons. The second-order valence-corrected chi connectivity index (χ2v) is 5.01. The maximum atomic E-state index is 4.38. The molecule has 1 heterocycles. The number of nitrogens with one attached hydrogen (secondary N) is 1. The van der Waals surface area contributed by atoms with Crippen LogP contribution in [0.1, 0.15) is 50.6 Å². The van der Waals surface area contributed by atoms with Crippen molar-refractivity contribution in [2.75, 3.05) is 0 Å². The topological polar surface area (TPSA) is 28.7 Å². The summed E-state index contributed by atoms with van der Waals surface area (Å²) in [5.74, 6) is 1.17. The van der Waals surface area contributed by atoms with Gasteiger partial charge in [0, 0.05) is 16.6 Å². The van der Waals surface area contributed by atoms with E-state index in [0.29, 0.717) is 11.8 Å². The fraction of sp³-hybridized carbons (Fsp3) is 0.727. The number of rotatable bonds is 4. The molecule has 0 aromatic carbocycles. The van der Waals surface area contributed by atoms with E-state index in [-0.39, 0.29) is 0 Å². The van der Waals surface area contributed by atoms with Gasteiger partial charge < -0.3 is 0 Å². The van der Waals surface area contributed by atoms with Crippen molar-refractivity contribution in [2.24, 2.45) is 5.92 Å². The van der Waals surface area contributed by atoms with E-state index in [1.54, 1.807) is 0 Å². The van der Waals surface area contributed by atoms with Gasteiger partial charge >= 0.3 is 0 Å². The largest absolute Gasteiger partial charge is 0.282 e. The molecule has 0 saturated carbocycles. The van der Waals surface area contributed by atoms with Gasteiger partial charge in [0.2, 0.25) is 0 Å². The number of halogens is 1. The quantitative estimate of drug-likeness (QED) is 0.822. The van der Waals surface area contributed by atoms with Gasteiger partial charge in [0.25, 0.3) is 0 Å².